The van der Waals surface area contributed by atoms with Crippen molar-refractivity contribution in [1.82, 2.24) is 25.2 Å². The Hall–Kier alpha value is -4.13. The van der Waals surface area contributed by atoms with Crippen molar-refractivity contribution in [1.29, 1.82) is 0 Å². The molecular formula is C23H20N6O. The van der Waals surface area contributed by atoms with E-state index in [0.29, 0.717) is 5.70 Å². The number of allylic oxidation sites excluding steroid dienone is 3. The van der Waals surface area contributed by atoms with Crippen LogP contribution in [0.15, 0.2) is 97.1 Å². The Morgan fingerprint density at radius 2 is 2.00 bits per heavy atom. The highest BCUT2D eigenvalue weighted by Gasteiger charge is 2.33. The Balaban J connectivity index is 1.33. The molecule has 2 aromatic heterocycles. The van der Waals surface area contributed by atoms with Crippen LogP contribution in [0.2, 0.25) is 0 Å². The summed E-state index contributed by atoms with van der Waals surface area (Å²) in [6.45, 7) is 0. The van der Waals surface area contributed by atoms with E-state index in [4.69, 9.17) is 0 Å². The fraction of sp³-hybridized carbons (Fsp3) is 0.0870. The lowest BCUT2D eigenvalue weighted by Gasteiger charge is -2.25. The van der Waals surface area contributed by atoms with E-state index in [-0.39, 0.29) is 12.1 Å². The molecule has 0 fully saturated rings. The zero-order valence-corrected chi connectivity index (χ0v) is 16.1. The van der Waals surface area contributed by atoms with Gasteiger partial charge in [0.1, 0.15) is 11.9 Å². The molecule has 0 radical (unpaired) electrons. The average Bonchev–Trinajstić information content (AvgIpc) is 3.44. The van der Waals surface area contributed by atoms with Gasteiger partial charge in [-0.15, -0.1) is 0 Å². The van der Waals surface area contributed by atoms with Gasteiger partial charge in [0.25, 0.3) is 5.91 Å². The van der Waals surface area contributed by atoms with Crippen LogP contribution in [0.25, 0.3) is 11.3 Å². The number of aromatic amines is 1. The van der Waals surface area contributed by atoms with Crippen LogP contribution in [-0.4, -0.2) is 31.9 Å². The van der Waals surface area contributed by atoms with Gasteiger partial charge in [0.2, 0.25) is 0 Å². The number of benzene rings is 1. The molecule has 1 atom stereocenters. The maximum atomic E-state index is 13.0. The van der Waals surface area contributed by atoms with Crippen molar-refractivity contribution >= 4 is 11.6 Å². The van der Waals surface area contributed by atoms with E-state index < -0.39 is 0 Å². The van der Waals surface area contributed by atoms with Gasteiger partial charge >= 0.3 is 0 Å². The third-order valence-electron chi connectivity index (χ3n) is 5.12. The molecule has 4 heterocycles. The van der Waals surface area contributed by atoms with Crippen molar-refractivity contribution in [2.24, 2.45) is 0 Å². The number of H-pyrrole nitrogens is 1. The summed E-state index contributed by atoms with van der Waals surface area (Å²) in [7, 11) is 0. The van der Waals surface area contributed by atoms with Crippen LogP contribution in [0.1, 0.15) is 5.56 Å². The van der Waals surface area contributed by atoms with Crippen LogP contribution in [0.4, 0.5) is 5.69 Å². The number of hydrogen-bond acceptors (Lipinski definition) is 5. The fourth-order valence-corrected chi connectivity index (χ4v) is 3.66. The topological polar surface area (TPSA) is 85.9 Å². The summed E-state index contributed by atoms with van der Waals surface area (Å²) in [4.78, 5) is 26.4. The molecular weight excluding hydrogens is 376 g/mol. The van der Waals surface area contributed by atoms with Gasteiger partial charge in [0.15, 0.2) is 0 Å². The van der Waals surface area contributed by atoms with Gasteiger partial charge in [0, 0.05) is 30.7 Å². The summed E-state index contributed by atoms with van der Waals surface area (Å²) in [6.07, 6.45) is 15.5. The van der Waals surface area contributed by atoms with Gasteiger partial charge in [0.05, 0.1) is 23.9 Å². The van der Waals surface area contributed by atoms with Gasteiger partial charge in [-0.25, -0.2) is 4.98 Å². The first-order chi connectivity index (χ1) is 14.8. The average molecular weight is 396 g/mol. The number of nitrogens with zero attached hydrogens (tertiary/aromatic N) is 3. The Bertz CT molecular complexity index is 1130. The molecule has 0 saturated carbocycles. The van der Waals surface area contributed by atoms with Crippen molar-refractivity contribution in [3.05, 3.63) is 103 Å². The minimum atomic E-state index is -0.169. The van der Waals surface area contributed by atoms with Crippen LogP contribution in [0, 0.1) is 0 Å². The third kappa shape index (κ3) is 3.48. The minimum Gasteiger partial charge on any atom is -0.358 e. The monoisotopic (exact) mass is 396 g/mol. The van der Waals surface area contributed by atoms with E-state index in [9.17, 15) is 4.79 Å². The van der Waals surface area contributed by atoms with Crippen LogP contribution in [-0.2, 0) is 11.2 Å². The zero-order chi connectivity index (χ0) is 20.3. The summed E-state index contributed by atoms with van der Waals surface area (Å²) in [5.41, 5.74) is 5.20. The summed E-state index contributed by atoms with van der Waals surface area (Å²) >= 11 is 0. The number of imidazole rings is 1. The summed E-state index contributed by atoms with van der Waals surface area (Å²) in [6, 6.07) is 11.6. The number of carbonyl (C=O) groups excluding carboxylic acids is 1. The first-order valence-electron chi connectivity index (χ1n) is 9.71. The highest BCUT2D eigenvalue weighted by atomic mass is 16.2. The molecule has 1 aromatic carbocycles. The predicted octanol–water partition coefficient (Wildman–Crippen LogP) is 3.18. The zero-order valence-electron chi connectivity index (χ0n) is 16.1. The molecule has 30 heavy (non-hydrogen) atoms. The second-order valence-corrected chi connectivity index (χ2v) is 7.09. The normalized spacial score (nSPS) is 17.1. The SMILES string of the molecule is O=C(Nc1ccc(-c2cnc[nH]2)cc1)C1=C2C=CC=CN2C(Cc2cccnc2)N1. The van der Waals surface area contributed by atoms with Crippen LogP contribution in [0.5, 0.6) is 0 Å². The molecule has 0 saturated heterocycles. The van der Waals surface area contributed by atoms with Crippen molar-refractivity contribution in [2.75, 3.05) is 5.32 Å². The van der Waals surface area contributed by atoms with E-state index in [0.717, 1.165) is 34.6 Å². The molecule has 1 unspecified atom stereocenters. The molecule has 5 rings (SSSR count). The Kier molecular flexibility index (Phi) is 4.61. The number of aromatic nitrogens is 3. The highest BCUT2D eigenvalue weighted by Crippen LogP contribution is 2.27. The standard InChI is InChI=1S/C23H20N6O/c30-23(27-18-8-6-17(7-9-18)19-14-25-15-26-19)22-20-5-1-2-11-29(20)21(28-22)12-16-4-3-10-24-13-16/h1-11,13-15,21,28H,12H2,(H,25,26)(H,27,30). The molecule has 0 spiro atoms. The van der Waals surface area contributed by atoms with E-state index in [1.54, 1.807) is 18.7 Å². The number of rotatable bonds is 5. The van der Waals surface area contributed by atoms with Crippen molar-refractivity contribution < 1.29 is 4.79 Å². The fourth-order valence-electron chi connectivity index (χ4n) is 3.66. The molecule has 2 aliphatic rings. The second kappa shape index (κ2) is 7.71. The number of anilines is 1. The third-order valence-corrected chi connectivity index (χ3v) is 5.12. The quantitative estimate of drug-likeness (QED) is 0.617. The van der Waals surface area contributed by atoms with E-state index >= 15 is 0 Å². The smallest absolute Gasteiger partial charge is 0.273 e. The Morgan fingerprint density at radius 3 is 2.77 bits per heavy atom. The first kappa shape index (κ1) is 17.9. The van der Waals surface area contributed by atoms with E-state index in [1.807, 2.05) is 67.0 Å². The molecule has 148 valence electrons. The molecule has 7 nitrogen and oxygen atoms in total. The number of hydrogen-bond donors (Lipinski definition) is 3. The highest BCUT2D eigenvalue weighted by molar-refractivity contribution is 6.04. The predicted molar refractivity (Wildman–Crippen MR) is 115 cm³/mol. The number of amides is 1. The maximum absolute atomic E-state index is 13.0. The van der Waals surface area contributed by atoms with E-state index in [2.05, 4.69) is 30.5 Å². The molecule has 3 aromatic rings. The molecule has 0 bridgehead atoms. The number of fused-ring (bicyclic) bond motifs is 1. The van der Waals surface area contributed by atoms with E-state index in [1.165, 1.54) is 0 Å². The van der Waals surface area contributed by atoms with Gasteiger partial charge < -0.3 is 20.5 Å². The maximum Gasteiger partial charge on any atom is 0.273 e. The molecule has 7 heteroatoms. The lowest BCUT2D eigenvalue weighted by atomic mass is 10.1. The number of pyridine rings is 1. The lowest BCUT2D eigenvalue weighted by Crippen LogP contribution is -2.37. The number of carbonyl (C=O) groups is 1. The first-order valence-corrected chi connectivity index (χ1v) is 9.71. The van der Waals surface area contributed by atoms with Crippen LogP contribution in [0.3, 0.4) is 0 Å². The van der Waals surface area contributed by atoms with Crippen LogP contribution < -0.4 is 10.6 Å². The molecule has 1 amide bonds. The van der Waals surface area contributed by atoms with Crippen molar-refractivity contribution in [3.8, 4) is 11.3 Å². The van der Waals surface area contributed by atoms with Crippen LogP contribution >= 0.6 is 0 Å². The Labute approximate surface area is 173 Å². The van der Waals surface area contributed by atoms with Gasteiger partial charge in [-0.05, 0) is 41.5 Å². The van der Waals surface area contributed by atoms with Crippen molar-refractivity contribution in [3.63, 3.8) is 0 Å². The summed E-state index contributed by atoms with van der Waals surface area (Å²) in [5.74, 6) is -0.169. The van der Waals surface area contributed by atoms with Crippen molar-refractivity contribution in [2.45, 2.75) is 12.6 Å². The Morgan fingerprint density at radius 1 is 1.10 bits per heavy atom. The minimum absolute atomic E-state index is 0.0473. The summed E-state index contributed by atoms with van der Waals surface area (Å²) in [5, 5.41) is 6.38. The van der Waals surface area contributed by atoms with Gasteiger partial charge in [-0.1, -0.05) is 24.3 Å². The lowest BCUT2D eigenvalue weighted by molar-refractivity contribution is -0.113. The van der Waals surface area contributed by atoms with Gasteiger partial charge in [-0.2, -0.15) is 0 Å². The molecule has 0 aliphatic carbocycles. The molecule has 2 aliphatic heterocycles. The second-order valence-electron chi connectivity index (χ2n) is 7.09. The van der Waals surface area contributed by atoms with Gasteiger partial charge in [-0.3, -0.25) is 9.78 Å². The molecule has 3 N–H and O–H groups in total. The summed E-state index contributed by atoms with van der Waals surface area (Å²) < 4.78 is 0. The largest absolute Gasteiger partial charge is 0.358 e. The number of nitrogens with one attached hydrogen (secondary N) is 3.